The molecule has 2 atom stereocenters. The number of hydrogen-bond acceptors (Lipinski definition) is 23. The number of sulfone groups is 1. The lowest BCUT2D eigenvalue weighted by Crippen LogP contribution is -2.54. The minimum absolute atomic E-state index is 0.000945. The summed E-state index contributed by atoms with van der Waals surface area (Å²) in [7, 11) is -3.49. The van der Waals surface area contributed by atoms with Gasteiger partial charge in [0, 0.05) is 43.1 Å². The number of nitrogens with one attached hydrogen (secondary N) is 4. The van der Waals surface area contributed by atoms with Crippen LogP contribution in [0.25, 0.3) is 34.0 Å². The van der Waals surface area contributed by atoms with Gasteiger partial charge in [0.1, 0.15) is 37.6 Å². The predicted molar refractivity (Wildman–Crippen MR) is 328 cm³/mol. The van der Waals surface area contributed by atoms with Gasteiger partial charge in [-0.15, -0.1) is 0 Å². The van der Waals surface area contributed by atoms with Crippen molar-refractivity contribution in [3.05, 3.63) is 125 Å². The fourth-order valence-electron chi connectivity index (χ4n) is 10.5. The zero-order valence-corrected chi connectivity index (χ0v) is 51.5. The second-order valence-electron chi connectivity index (χ2n) is 22.0. The summed E-state index contributed by atoms with van der Waals surface area (Å²) in [5.74, 6) is -6.99. The van der Waals surface area contributed by atoms with E-state index < -0.39 is 105 Å². The van der Waals surface area contributed by atoms with Crippen molar-refractivity contribution < 1.29 is 89.4 Å². The van der Waals surface area contributed by atoms with Crippen LogP contribution in [-0.4, -0.2) is 193 Å². The fraction of sp³-hybridized carbons (Fsp3) is 0.333. The molecule has 2 aromatic heterocycles. The van der Waals surface area contributed by atoms with Gasteiger partial charge in [0.2, 0.25) is 41.4 Å². The zero-order valence-electron chi connectivity index (χ0n) is 50.7. The molecular formula is C63H63N11O19S. The van der Waals surface area contributed by atoms with E-state index in [0.717, 1.165) is 9.80 Å². The van der Waals surface area contributed by atoms with Crippen molar-refractivity contribution >= 4 is 92.0 Å². The van der Waals surface area contributed by atoms with Crippen molar-refractivity contribution in [3.63, 3.8) is 0 Å². The quantitative estimate of drug-likeness (QED) is 0.0333. The molecule has 2 fully saturated rings. The van der Waals surface area contributed by atoms with Crippen molar-refractivity contribution in [2.24, 2.45) is 0 Å². The summed E-state index contributed by atoms with van der Waals surface area (Å²) in [6.07, 6.45) is 1.29. The molecule has 4 aliphatic rings. The normalized spacial score (nSPS) is 16.3. The van der Waals surface area contributed by atoms with Crippen molar-refractivity contribution in [1.29, 1.82) is 0 Å². The highest BCUT2D eigenvalue weighted by Crippen LogP contribution is 2.35. The van der Waals surface area contributed by atoms with Gasteiger partial charge in [-0.05, 0) is 68.7 Å². The molecule has 10 rings (SSSR count). The maximum atomic E-state index is 13.8. The monoisotopic (exact) mass is 1310 g/mol. The molecular weight excluding hydrogens is 1250 g/mol. The number of anilines is 3. The van der Waals surface area contributed by atoms with Gasteiger partial charge in [0.05, 0.1) is 102 Å². The van der Waals surface area contributed by atoms with Gasteiger partial charge < -0.3 is 49.5 Å². The lowest BCUT2D eigenvalue weighted by molar-refractivity contribution is -0.138. The van der Waals surface area contributed by atoms with E-state index >= 15 is 0 Å². The van der Waals surface area contributed by atoms with Crippen LogP contribution in [0.1, 0.15) is 86.5 Å². The molecule has 2 saturated heterocycles. The number of rotatable bonds is 29. The zero-order chi connectivity index (χ0) is 66.8. The van der Waals surface area contributed by atoms with E-state index in [4.69, 9.17) is 33.9 Å². The first-order valence-corrected chi connectivity index (χ1v) is 31.2. The van der Waals surface area contributed by atoms with Gasteiger partial charge in [0.25, 0.3) is 23.6 Å². The number of carbonyl (C=O) groups is 11. The average molecular weight is 1310 g/mol. The number of hydrogen-bond donors (Lipinski definition) is 5. The number of carbonyl (C=O) groups excluding carboxylic acids is 11. The Labute approximate surface area is 536 Å². The summed E-state index contributed by atoms with van der Waals surface area (Å²) in [5, 5.41) is 13.1. The molecule has 2 unspecified atom stereocenters. The summed E-state index contributed by atoms with van der Waals surface area (Å²) in [6.45, 7) is 2.20. The van der Waals surface area contributed by atoms with Crippen LogP contribution in [0.4, 0.5) is 17.2 Å². The van der Waals surface area contributed by atoms with Gasteiger partial charge >= 0.3 is 0 Å². The molecule has 0 saturated carbocycles. The molecule has 0 spiro atoms. The number of imide groups is 4. The van der Waals surface area contributed by atoms with Gasteiger partial charge in [-0.3, -0.25) is 73.2 Å². The summed E-state index contributed by atoms with van der Waals surface area (Å²) in [6, 6.07) is 21.3. The van der Waals surface area contributed by atoms with Crippen molar-refractivity contribution in [2.75, 3.05) is 89.0 Å². The van der Waals surface area contributed by atoms with E-state index in [0.29, 0.717) is 28.1 Å². The van der Waals surface area contributed by atoms with Gasteiger partial charge in [-0.25, -0.2) is 18.4 Å². The Morgan fingerprint density at radius 3 is 1.65 bits per heavy atom. The molecule has 0 aliphatic carbocycles. The maximum Gasteiger partial charge on any atom is 0.264 e. The Morgan fingerprint density at radius 1 is 0.638 bits per heavy atom. The largest absolute Gasteiger partial charge is 0.382 e. The Kier molecular flexibility index (Phi) is 20.9. The third-order valence-electron chi connectivity index (χ3n) is 15.4. The Bertz CT molecular complexity index is 4100. The fourth-order valence-corrected chi connectivity index (χ4v) is 11.6. The van der Waals surface area contributed by atoms with Crippen LogP contribution in [0.3, 0.4) is 0 Å². The Morgan fingerprint density at radius 2 is 1.13 bits per heavy atom. The molecule has 31 heteroatoms. The first kappa shape index (κ1) is 66.6. The Hall–Kier alpha value is -10.3. The summed E-state index contributed by atoms with van der Waals surface area (Å²) in [4.78, 5) is 154. The Balaban J connectivity index is 0.696. The average Bonchev–Trinajstić information content (AvgIpc) is 1.61. The number of amides is 11. The molecule has 4 aliphatic heterocycles. The topological polar surface area (TPSA) is 404 Å². The van der Waals surface area contributed by atoms with Crippen LogP contribution in [0, 0.1) is 0 Å². The first-order chi connectivity index (χ1) is 45.2. The first-order valence-electron chi connectivity index (χ1n) is 29.7. The number of fused-ring (bicyclic) bond motifs is 2. The molecule has 6 heterocycles. The second-order valence-corrected chi connectivity index (χ2v) is 24.5. The molecule has 6 aromatic rings. The number of nitrogen functional groups attached to an aromatic ring is 1. The van der Waals surface area contributed by atoms with Gasteiger partial charge in [-0.2, -0.15) is 0 Å². The number of piperidine rings is 2. The highest BCUT2D eigenvalue weighted by Gasteiger charge is 2.47. The SMILES string of the molecule is CC(C)S(=O)(=O)c1ccc(-c2cnc(N)c(-c3cc(-c4ccc(CN(CCOCCOCC(=O)Nc5cccc6c5C(=O)N(C5CCC(=O)NC5=O)C6=O)C(=O)COCCOCCOCC(=O)Nc5cccc6c5C(=O)N(C5CCC(=O)NC5=O)C6=O)cc4)no3)n2)cc1. The van der Waals surface area contributed by atoms with Gasteiger partial charge in [-0.1, -0.05) is 53.7 Å². The molecule has 6 N–H and O–H groups in total. The van der Waals surface area contributed by atoms with Crippen LogP contribution in [0.15, 0.2) is 107 Å². The summed E-state index contributed by atoms with van der Waals surface area (Å²) in [5.41, 5.74) is 9.15. The van der Waals surface area contributed by atoms with Crippen LogP contribution >= 0.6 is 0 Å². The van der Waals surface area contributed by atoms with Crippen LogP contribution in [0.2, 0.25) is 0 Å². The number of nitrogens with two attached hydrogens (primary N) is 1. The summed E-state index contributed by atoms with van der Waals surface area (Å²) >= 11 is 0. The van der Waals surface area contributed by atoms with E-state index in [1.807, 2.05) is 0 Å². The number of nitrogens with zero attached hydrogens (tertiary/aromatic N) is 6. The minimum atomic E-state index is -3.49. The predicted octanol–water partition coefficient (Wildman–Crippen LogP) is 2.72. The number of benzene rings is 4. The minimum Gasteiger partial charge on any atom is -0.382 e. The van der Waals surface area contributed by atoms with Gasteiger partial charge in [0.15, 0.2) is 27.1 Å². The maximum absolute atomic E-state index is 13.8. The molecule has 11 amide bonds. The van der Waals surface area contributed by atoms with Crippen molar-refractivity contribution in [3.8, 4) is 34.0 Å². The van der Waals surface area contributed by atoms with E-state index in [1.165, 1.54) is 59.6 Å². The highest BCUT2D eigenvalue weighted by molar-refractivity contribution is 7.92. The molecule has 30 nitrogen and oxygen atoms in total. The van der Waals surface area contributed by atoms with Crippen LogP contribution in [0.5, 0.6) is 0 Å². The third kappa shape index (κ3) is 15.1. The van der Waals surface area contributed by atoms with E-state index in [-0.39, 0.29) is 147 Å². The standard InChI is InChI=1S/C63H63N11O19S/c1-35(2)94(86,87)39-15-13-38(14-16-39)45-30-65-57(64)56(68-45)48-29-44(71-93-48)37-11-9-36(10-12-37)31-72(21-22-88-23-26-90-32-51(77)66-42-7-3-5-40-54(42)62(84)73(60(40)82)46-17-19-49(75)69-58(46)80)53(79)34-92-28-25-89-24-27-91-33-52(78)67-43-8-4-6-41-55(43)63(85)74(61(41)83)47-18-20-50(76)70-59(47)81/h3-16,29-30,35,46-47H,17-28,31-34H2,1-2H3,(H2,64,65)(H,66,77)(H,67,78)(H,69,75,80)(H,70,76,81). The molecule has 94 heavy (non-hydrogen) atoms. The molecule has 0 bridgehead atoms. The lowest BCUT2D eigenvalue weighted by atomic mass is 10.0. The molecule has 0 radical (unpaired) electrons. The smallest absolute Gasteiger partial charge is 0.264 e. The van der Waals surface area contributed by atoms with Crippen molar-refractivity contribution in [1.82, 2.24) is 40.5 Å². The van der Waals surface area contributed by atoms with Crippen LogP contribution in [-0.2, 0) is 73.6 Å². The number of ether oxygens (including phenoxy) is 5. The lowest BCUT2D eigenvalue weighted by Gasteiger charge is -2.27. The van der Waals surface area contributed by atoms with E-state index in [9.17, 15) is 61.2 Å². The summed E-state index contributed by atoms with van der Waals surface area (Å²) < 4.78 is 59.1. The highest BCUT2D eigenvalue weighted by atomic mass is 32.2. The van der Waals surface area contributed by atoms with E-state index in [2.05, 4.69) is 36.4 Å². The molecule has 4 aromatic carbocycles. The number of aromatic nitrogens is 3. The molecule has 490 valence electrons. The van der Waals surface area contributed by atoms with Crippen molar-refractivity contribution in [2.45, 2.75) is 68.3 Å². The van der Waals surface area contributed by atoms with Crippen LogP contribution < -0.4 is 27.0 Å². The third-order valence-corrected chi connectivity index (χ3v) is 17.6. The second kappa shape index (κ2) is 29.5. The van der Waals surface area contributed by atoms with E-state index in [1.54, 1.807) is 56.3 Å².